The Morgan fingerprint density at radius 3 is 0.739 bits per heavy atom. The van der Waals surface area contributed by atoms with Crippen molar-refractivity contribution in [1.29, 1.82) is 0 Å². The molecule has 0 saturated heterocycles. The van der Waals surface area contributed by atoms with Crippen molar-refractivity contribution < 1.29 is 49.9 Å². The molecule has 0 unspecified atom stereocenters. The molecule has 0 N–H and O–H groups in total. The SMILES string of the molecule is Cc1cc[c]([Sb]([O]c2c(F)c(F)c(F)c(F)c2F)([O]c2c(F)c(F)c(F)c(F)c2F)([c]2ccc(C)cc2)[c]2ccc(C)cc2)cc1. The van der Waals surface area contributed by atoms with Gasteiger partial charge in [-0.25, -0.2) is 0 Å². The molecule has 0 spiro atoms. The fourth-order valence-electron chi connectivity index (χ4n) is 4.91. The molecule has 5 aromatic carbocycles. The van der Waals surface area contributed by atoms with Crippen LogP contribution < -0.4 is 16.6 Å². The predicted octanol–water partition coefficient (Wildman–Crippen LogP) is 7.58. The topological polar surface area (TPSA) is 18.5 Å². The molecule has 240 valence electrons. The van der Waals surface area contributed by atoms with Crippen LogP contribution in [0.4, 0.5) is 43.9 Å². The van der Waals surface area contributed by atoms with E-state index < -0.39 is 87.9 Å². The van der Waals surface area contributed by atoms with E-state index in [1.807, 2.05) is 0 Å². The van der Waals surface area contributed by atoms with E-state index in [1.165, 1.54) is 72.8 Å². The third kappa shape index (κ3) is 4.98. The Kier molecular flexibility index (Phi) is 8.57. The first-order valence-electron chi connectivity index (χ1n) is 13.3. The van der Waals surface area contributed by atoms with Crippen LogP contribution in [0, 0.1) is 78.9 Å². The van der Waals surface area contributed by atoms with E-state index in [-0.39, 0.29) is 10.5 Å². The average molecular weight is 761 g/mol. The molecule has 0 aliphatic heterocycles. The number of halogens is 10. The third-order valence-corrected chi connectivity index (χ3v) is 21.0. The molecular formula is C33H21F10O2Sb. The second kappa shape index (κ2) is 11.9. The number of rotatable bonds is 7. The summed E-state index contributed by atoms with van der Waals surface area (Å²) in [6.45, 7) is 4.88. The molecule has 5 rings (SSSR count). The molecule has 0 heterocycles. The molecule has 2 nitrogen and oxygen atoms in total. The maximum absolute atomic E-state index is 15.5. The number of aryl methyl sites for hydroxylation is 3. The molecule has 0 amide bonds. The second-order valence-corrected chi connectivity index (χ2v) is 21.4. The van der Waals surface area contributed by atoms with Gasteiger partial charge in [0.2, 0.25) is 0 Å². The summed E-state index contributed by atoms with van der Waals surface area (Å²) in [7, 11) is 0. The molecule has 0 aromatic heterocycles. The van der Waals surface area contributed by atoms with Gasteiger partial charge in [0.15, 0.2) is 0 Å². The van der Waals surface area contributed by atoms with Crippen LogP contribution in [-0.2, 0) is 0 Å². The molecule has 0 atom stereocenters. The van der Waals surface area contributed by atoms with Crippen LogP contribution in [0.5, 0.6) is 11.5 Å². The van der Waals surface area contributed by atoms with E-state index in [0.29, 0.717) is 16.7 Å². The van der Waals surface area contributed by atoms with Gasteiger partial charge in [-0.2, -0.15) is 0 Å². The van der Waals surface area contributed by atoms with Crippen molar-refractivity contribution in [1.82, 2.24) is 0 Å². The Bertz CT molecular complexity index is 1730. The summed E-state index contributed by atoms with van der Waals surface area (Å²) in [5.41, 5.74) is 1.70. The van der Waals surface area contributed by atoms with Crippen molar-refractivity contribution in [3.63, 3.8) is 0 Å². The minimum atomic E-state index is -7.47. The zero-order valence-electron chi connectivity index (χ0n) is 24.0. The van der Waals surface area contributed by atoms with E-state index in [2.05, 4.69) is 0 Å². The normalized spacial score (nSPS) is 12.5. The van der Waals surface area contributed by atoms with Gasteiger partial charge in [0.05, 0.1) is 0 Å². The van der Waals surface area contributed by atoms with Crippen LogP contribution in [0.3, 0.4) is 0 Å². The van der Waals surface area contributed by atoms with Gasteiger partial charge in [-0.3, -0.25) is 0 Å². The quantitative estimate of drug-likeness (QED) is 0.0738. The molecule has 0 aliphatic rings. The zero-order valence-corrected chi connectivity index (χ0v) is 26.5. The first-order chi connectivity index (χ1) is 21.6. The summed E-state index contributed by atoms with van der Waals surface area (Å²) in [5, 5.41) is 0. The van der Waals surface area contributed by atoms with Crippen molar-refractivity contribution in [2.75, 3.05) is 0 Å². The molecular weight excluding hydrogens is 740 g/mol. The number of benzene rings is 5. The van der Waals surface area contributed by atoms with Crippen molar-refractivity contribution in [3.8, 4) is 11.5 Å². The second-order valence-electron chi connectivity index (χ2n) is 10.4. The van der Waals surface area contributed by atoms with Gasteiger partial charge in [-0.15, -0.1) is 0 Å². The van der Waals surface area contributed by atoms with Crippen LogP contribution >= 0.6 is 0 Å². The predicted molar refractivity (Wildman–Crippen MR) is 152 cm³/mol. The molecule has 0 radical (unpaired) electrons. The molecule has 5 aromatic rings. The maximum atomic E-state index is 15.5. The van der Waals surface area contributed by atoms with Crippen LogP contribution in [0.2, 0.25) is 0 Å². The Morgan fingerprint density at radius 1 is 0.326 bits per heavy atom. The van der Waals surface area contributed by atoms with Crippen LogP contribution in [-0.4, -0.2) is 18.2 Å². The molecule has 46 heavy (non-hydrogen) atoms. The standard InChI is InChI=1S/3C7H7.2C6HF5O.Sb/c3*1-7-5-3-2-4-6-7;2*7-1-2(8)4(10)6(12)5(11)3(1)9;/h3*3-6H,1H3;2*12H;/q;;;;;+2/p-2. The summed E-state index contributed by atoms with van der Waals surface area (Å²) >= 11 is -7.47. The monoisotopic (exact) mass is 760 g/mol. The number of hydrogen-bond acceptors (Lipinski definition) is 2. The summed E-state index contributed by atoms with van der Waals surface area (Å²) < 4.78 is 161. The molecule has 0 fully saturated rings. The van der Waals surface area contributed by atoms with Crippen molar-refractivity contribution in [2.45, 2.75) is 20.8 Å². The summed E-state index contributed by atoms with van der Waals surface area (Å²) in [4.78, 5) is 0. The van der Waals surface area contributed by atoms with Gasteiger partial charge >= 0.3 is 259 Å². The summed E-state index contributed by atoms with van der Waals surface area (Å²) in [6, 6.07) is 16.1. The molecule has 13 heteroatoms. The Morgan fingerprint density at radius 2 is 0.522 bits per heavy atom. The third-order valence-electron chi connectivity index (χ3n) is 7.38. The van der Waals surface area contributed by atoms with Crippen molar-refractivity contribution in [2.24, 2.45) is 0 Å². The first-order valence-corrected chi connectivity index (χ1v) is 19.2. The van der Waals surface area contributed by atoms with Crippen LogP contribution in [0.1, 0.15) is 16.7 Å². The van der Waals surface area contributed by atoms with Gasteiger partial charge in [0, 0.05) is 0 Å². The molecule has 0 bridgehead atoms. The summed E-state index contributed by atoms with van der Waals surface area (Å²) in [5.74, 6) is -28.4. The average Bonchev–Trinajstić information content (AvgIpc) is 3.05. The van der Waals surface area contributed by atoms with E-state index in [1.54, 1.807) is 20.8 Å². The van der Waals surface area contributed by atoms with E-state index in [0.717, 1.165) is 0 Å². The zero-order chi connectivity index (χ0) is 33.7. The van der Waals surface area contributed by atoms with E-state index >= 15 is 17.6 Å². The van der Waals surface area contributed by atoms with Gasteiger partial charge < -0.3 is 0 Å². The van der Waals surface area contributed by atoms with E-state index in [4.69, 9.17) is 6.03 Å². The van der Waals surface area contributed by atoms with Gasteiger partial charge in [0.1, 0.15) is 0 Å². The fraction of sp³-hybridized carbons (Fsp3) is 0.0909. The van der Waals surface area contributed by atoms with Gasteiger partial charge in [-0.1, -0.05) is 0 Å². The minimum absolute atomic E-state index is 0.237. The summed E-state index contributed by atoms with van der Waals surface area (Å²) in [6.07, 6.45) is 0. The van der Waals surface area contributed by atoms with E-state index in [9.17, 15) is 26.3 Å². The Labute approximate surface area is 258 Å². The first kappa shape index (κ1) is 33.2. The molecule has 0 saturated carbocycles. The van der Waals surface area contributed by atoms with Crippen molar-refractivity contribution in [3.05, 3.63) is 148 Å². The Hall–Kier alpha value is -4.18. The molecule has 0 aliphatic carbocycles. The van der Waals surface area contributed by atoms with Crippen LogP contribution in [0.25, 0.3) is 0 Å². The van der Waals surface area contributed by atoms with Gasteiger partial charge in [0.25, 0.3) is 0 Å². The van der Waals surface area contributed by atoms with Gasteiger partial charge in [-0.05, 0) is 0 Å². The Balaban J connectivity index is 2.10. The fourth-order valence-corrected chi connectivity index (χ4v) is 18.2. The van der Waals surface area contributed by atoms with Crippen molar-refractivity contribution >= 4 is 28.8 Å². The van der Waals surface area contributed by atoms with Crippen LogP contribution in [0.15, 0.2) is 72.8 Å². The number of hydrogen-bond donors (Lipinski definition) is 0.